The van der Waals surface area contributed by atoms with Crippen LogP contribution in [0.3, 0.4) is 0 Å². The van der Waals surface area contributed by atoms with Crippen molar-refractivity contribution in [3.05, 3.63) is 28.8 Å². The second-order valence-electron chi connectivity index (χ2n) is 7.03. The number of urea groups is 1. The van der Waals surface area contributed by atoms with Gasteiger partial charge in [0.1, 0.15) is 4.90 Å². The summed E-state index contributed by atoms with van der Waals surface area (Å²) in [6.45, 7) is 1.93. The first-order valence-electron chi connectivity index (χ1n) is 8.89. The summed E-state index contributed by atoms with van der Waals surface area (Å²) in [7, 11) is -4.05. The minimum atomic E-state index is -4.05. The van der Waals surface area contributed by atoms with Crippen LogP contribution < -0.4 is 10.6 Å². The molecule has 3 rings (SSSR count). The number of benzene rings is 1. The lowest BCUT2D eigenvalue weighted by Crippen LogP contribution is -2.37. The van der Waals surface area contributed by atoms with E-state index in [1.54, 1.807) is 0 Å². The molecule has 2 aliphatic carbocycles. The summed E-state index contributed by atoms with van der Waals surface area (Å²) in [5, 5.41) is 24.6. The maximum Gasteiger partial charge on any atom is 0.319 e. The van der Waals surface area contributed by atoms with Crippen molar-refractivity contribution in [3.63, 3.8) is 0 Å². The first-order chi connectivity index (χ1) is 12.7. The van der Waals surface area contributed by atoms with Crippen LogP contribution in [0.4, 0.5) is 10.5 Å². The van der Waals surface area contributed by atoms with Crippen molar-refractivity contribution in [1.29, 1.82) is 0 Å². The number of hydrogen-bond acceptors (Lipinski definition) is 5. The summed E-state index contributed by atoms with van der Waals surface area (Å²) < 4.78 is 25.8. The standard InChI is InChI=1S/C18H23ClN2O5S/c1-10-4-2-5-12(10)20-18(24)21-13-9-8-11(19)17(16(13)23)27(25,26)15-7-3-6-14(15)22/h4,8-9,12,14-15,22-23H,2-3,5-7H2,1H3,(H2,20,21,24)/t12-,14-,15-/m1/s1. The molecule has 0 heterocycles. The summed E-state index contributed by atoms with van der Waals surface area (Å²) in [4.78, 5) is 11.8. The Hall–Kier alpha value is -1.77. The fourth-order valence-corrected chi connectivity index (χ4v) is 6.21. The molecule has 2 aliphatic rings. The Labute approximate surface area is 163 Å². The highest BCUT2D eigenvalue weighted by molar-refractivity contribution is 7.92. The number of carbonyl (C=O) groups is 1. The Morgan fingerprint density at radius 2 is 2.00 bits per heavy atom. The molecule has 0 saturated heterocycles. The van der Waals surface area contributed by atoms with Crippen LogP contribution in [0.25, 0.3) is 0 Å². The zero-order chi connectivity index (χ0) is 19.8. The second kappa shape index (κ2) is 7.69. The van der Waals surface area contributed by atoms with Crippen molar-refractivity contribution in [1.82, 2.24) is 5.32 Å². The molecule has 9 heteroatoms. The Bertz CT molecular complexity index is 884. The number of aliphatic hydroxyl groups excluding tert-OH is 1. The van der Waals surface area contributed by atoms with E-state index in [4.69, 9.17) is 11.6 Å². The zero-order valence-corrected chi connectivity index (χ0v) is 16.5. The molecule has 1 aromatic carbocycles. The Morgan fingerprint density at radius 3 is 2.59 bits per heavy atom. The number of sulfone groups is 1. The first kappa shape index (κ1) is 20.0. The largest absolute Gasteiger partial charge is 0.504 e. The van der Waals surface area contributed by atoms with Gasteiger partial charge in [-0.25, -0.2) is 13.2 Å². The van der Waals surface area contributed by atoms with Crippen molar-refractivity contribution in [3.8, 4) is 5.75 Å². The Balaban J connectivity index is 1.85. The third-order valence-electron chi connectivity index (χ3n) is 5.21. The molecule has 148 valence electrons. The summed E-state index contributed by atoms with van der Waals surface area (Å²) in [6.07, 6.45) is 3.99. The Morgan fingerprint density at radius 1 is 1.26 bits per heavy atom. The minimum absolute atomic E-state index is 0.0532. The van der Waals surface area contributed by atoms with E-state index in [1.165, 1.54) is 12.1 Å². The van der Waals surface area contributed by atoms with Crippen LogP contribution in [0.1, 0.15) is 39.0 Å². The molecular weight excluding hydrogens is 392 g/mol. The number of phenolic OH excluding ortho intramolecular Hbond substituents is 1. The van der Waals surface area contributed by atoms with E-state index < -0.39 is 37.9 Å². The topological polar surface area (TPSA) is 116 Å². The molecule has 27 heavy (non-hydrogen) atoms. The minimum Gasteiger partial charge on any atom is -0.504 e. The van der Waals surface area contributed by atoms with E-state index in [9.17, 15) is 23.4 Å². The van der Waals surface area contributed by atoms with Crippen molar-refractivity contribution < 1.29 is 23.4 Å². The molecule has 0 bridgehead atoms. The van der Waals surface area contributed by atoms with Crippen LogP contribution in [0, 0.1) is 0 Å². The summed E-state index contributed by atoms with van der Waals surface area (Å²) >= 11 is 6.05. The number of aromatic hydroxyl groups is 1. The van der Waals surface area contributed by atoms with Gasteiger partial charge in [-0.2, -0.15) is 0 Å². The molecule has 0 aliphatic heterocycles. The summed E-state index contributed by atoms with van der Waals surface area (Å²) in [5.41, 5.74) is 1.01. The number of hydrogen-bond donors (Lipinski definition) is 4. The van der Waals surface area contributed by atoms with Crippen LogP contribution >= 0.6 is 11.6 Å². The van der Waals surface area contributed by atoms with Crippen LogP contribution in [-0.2, 0) is 9.84 Å². The summed E-state index contributed by atoms with van der Waals surface area (Å²) in [5.74, 6) is -0.615. The number of nitrogens with one attached hydrogen (secondary N) is 2. The lowest BCUT2D eigenvalue weighted by Gasteiger charge is -2.20. The van der Waals surface area contributed by atoms with Crippen LogP contribution in [0.5, 0.6) is 5.75 Å². The number of halogens is 1. The fourth-order valence-electron chi connectivity index (χ4n) is 3.69. The average molecular weight is 415 g/mol. The Kier molecular flexibility index (Phi) is 5.69. The van der Waals surface area contributed by atoms with Gasteiger partial charge in [0.15, 0.2) is 15.6 Å². The lowest BCUT2D eigenvalue weighted by molar-refractivity contribution is 0.185. The van der Waals surface area contributed by atoms with Gasteiger partial charge in [0.25, 0.3) is 0 Å². The quantitative estimate of drug-likeness (QED) is 0.446. The van der Waals surface area contributed by atoms with Gasteiger partial charge >= 0.3 is 6.03 Å². The molecule has 1 saturated carbocycles. The number of carbonyl (C=O) groups excluding carboxylic acids is 1. The van der Waals surface area contributed by atoms with Gasteiger partial charge < -0.3 is 20.8 Å². The van der Waals surface area contributed by atoms with E-state index in [1.807, 2.05) is 13.0 Å². The third kappa shape index (κ3) is 3.93. The predicted octanol–water partition coefficient (Wildman–Crippen LogP) is 2.96. The van der Waals surface area contributed by atoms with Crippen molar-refractivity contribution in [2.45, 2.75) is 61.3 Å². The molecule has 0 unspecified atom stereocenters. The number of phenols is 1. The first-order valence-corrected chi connectivity index (χ1v) is 10.8. The zero-order valence-electron chi connectivity index (χ0n) is 14.9. The van der Waals surface area contributed by atoms with Gasteiger partial charge in [0, 0.05) is 0 Å². The van der Waals surface area contributed by atoms with Crippen molar-refractivity contribution >= 4 is 33.2 Å². The van der Waals surface area contributed by atoms with Crippen molar-refractivity contribution in [2.75, 3.05) is 5.32 Å². The molecule has 3 atom stereocenters. The number of rotatable bonds is 4. The number of allylic oxidation sites excluding steroid dienone is 1. The number of amides is 2. The van der Waals surface area contributed by atoms with Gasteiger partial charge in [0.05, 0.1) is 28.1 Å². The lowest BCUT2D eigenvalue weighted by atomic mass is 10.2. The van der Waals surface area contributed by atoms with Gasteiger partial charge in [-0.15, -0.1) is 0 Å². The molecule has 0 spiro atoms. The number of anilines is 1. The van der Waals surface area contributed by atoms with E-state index in [-0.39, 0.29) is 16.8 Å². The van der Waals surface area contributed by atoms with Gasteiger partial charge in [-0.1, -0.05) is 23.3 Å². The highest BCUT2D eigenvalue weighted by atomic mass is 35.5. The van der Waals surface area contributed by atoms with Gasteiger partial charge in [0.2, 0.25) is 0 Å². The van der Waals surface area contributed by atoms with Gasteiger partial charge in [-0.3, -0.25) is 0 Å². The average Bonchev–Trinajstić information content (AvgIpc) is 3.19. The monoisotopic (exact) mass is 414 g/mol. The van der Waals surface area contributed by atoms with Crippen LogP contribution in [-0.4, -0.2) is 42.1 Å². The van der Waals surface area contributed by atoms with E-state index in [0.29, 0.717) is 19.3 Å². The fraction of sp³-hybridized carbons (Fsp3) is 0.500. The second-order valence-corrected chi connectivity index (χ2v) is 9.54. The molecule has 7 nitrogen and oxygen atoms in total. The molecule has 1 aromatic rings. The molecule has 0 aromatic heterocycles. The van der Waals surface area contributed by atoms with E-state index in [0.717, 1.165) is 18.4 Å². The SMILES string of the molecule is CC1=CCC[C@H]1NC(=O)Nc1ccc(Cl)c(S(=O)(=O)[C@@H]2CCC[C@H]2O)c1O. The highest BCUT2D eigenvalue weighted by Crippen LogP contribution is 2.41. The smallest absolute Gasteiger partial charge is 0.319 e. The molecular formula is C18H23ClN2O5S. The van der Waals surface area contributed by atoms with Crippen molar-refractivity contribution in [2.24, 2.45) is 0 Å². The van der Waals surface area contributed by atoms with Gasteiger partial charge in [-0.05, 0) is 51.2 Å². The number of aliphatic hydroxyl groups is 1. The normalized spacial score (nSPS) is 25.3. The molecule has 4 N–H and O–H groups in total. The molecule has 2 amide bonds. The van der Waals surface area contributed by atoms with Crippen LogP contribution in [0.2, 0.25) is 5.02 Å². The third-order valence-corrected chi connectivity index (χ3v) is 7.97. The molecule has 1 fully saturated rings. The highest BCUT2D eigenvalue weighted by Gasteiger charge is 2.40. The van der Waals surface area contributed by atoms with Crippen LogP contribution in [0.15, 0.2) is 28.7 Å². The maximum atomic E-state index is 12.9. The summed E-state index contributed by atoms with van der Waals surface area (Å²) in [6, 6.07) is 2.03. The molecule has 0 radical (unpaired) electrons. The van der Waals surface area contributed by atoms with E-state index >= 15 is 0 Å². The maximum absolute atomic E-state index is 12.9. The predicted molar refractivity (Wildman–Crippen MR) is 103 cm³/mol. The van der Waals surface area contributed by atoms with E-state index in [2.05, 4.69) is 10.6 Å².